The van der Waals surface area contributed by atoms with Gasteiger partial charge in [-0.3, -0.25) is 0 Å². The molecule has 0 aliphatic carbocycles. The van der Waals surface area contributed by atoms with Crippen LogP contribution in [0.4, 0.5) is 0 Å². The third-order valence-corrected chi connectivity index (χ3v) is 0. The zero-order valence-electron chi connectivity index (χ0n) is 1.86. The van der Waals surface area contributed by atoms with Gasteiger partial charge in [0.2, 0.25) is 0 Å². The van der Waals surface area contributed by atoms with E-state index in [1.807, 2.05) is 0 Å². The van der Waals surface area contributed by atoms with E-state index in [4.69, 9.17) is 3.83 Å². The Hall–Kier alpha value is 1.38. The fourth-order valence-electron chi connectivity index (χ4n) is 0. The second-order valence-electron chi connectivity index (χ2n) is 0. The van der Waals surface area contributed by atoms with Crippen molar-refractivity contribution in [2.45, 2.75) is 0 Å². The van der Waals surface area contributed by atoms with Crippen LogP contribution in [0.1, 0.15) is 0 Å². The third-order valence-electron chi connectivity index (χ3n) is 0. The van der Waals surface area contributed by atoms with E-state index in [-0.39, 0.29) is 34.7 Å². The molecule has 0 fully saturated rings. The monoisotopic (exact) mass is 133 g/mol. The van der Waals surface area contributed by atoms with Crippen LogP contribution in [-0.4, -0.2) is 34.7 Å². The molecule has 0 bridgehead atoms. The molecule has 0 N–H and O–H groups in total. The van der Waals surface area contributed by atoms with Crippen LogP contribution in [0.2, 0.25) is 0 Å². The van der Waals surface area contributed by atoms with Crippen LogP contribution in [0.25, 0.3) is 0 Å². The van der Waals surface area contributed by atoms with Crippen molar-refractivity contribution >= 4 is 34.7 Å². The molecule has 0 atom stereocenters. The average Bonchev–Trinajstić information content (AvgIpc) is 1.00. The average molecular weight is 134 g/mol. The topological polar surface area (TPSA) is 17.1 Å². The summed E-state index contributed by atoms with van der Waals surface area (Å²) >= 11 is 2.94. The van der Waals surface area contributed by atoms with E-state index >= 15 is 0 Å². The first-order valence-electron chi connectivity index (χ1n) is 0.123. The van der Waals surface area contributed by atoms with Gasteiger partial charge in [-0.25, -0.2) is 0 Å². The molecule has 0 aromatic rings. The summed E-state index contributed by atoms with van der Waals surface area (Å²) in [5.74, 6) is 0. The van der Waals surface area contributed by atoms with Gasteiger partial charge in [0.25, 0.3) is 0 Å². The number of rotatable bonds is 0. The van der Waals surface area contributed by atoms with E-state index in [9.17, 15) is 0 Å². The van der Waals surface area contributed by atoms with E-state index < -0.39 is 0 Å². The van der Waals surface area contributed by atoms with Gasteiger partial charge in [-0.2, -0.15) is 0 Å². The van der Waals surface area contributed by atoms with Crippen molar-refractivity contribution in [1.29, 1.82) is 0 Å². The summed E-state index contributed by atoms with van der Waals surface area (Å²) in [5.41, 5.74) is 0. The van der Waals surface area contributed by atoms with Gasteiger partial charge < -0.3 is 0 Å². The summed E-state index contributed by atoms with van der Waals surface area (Å²) in [4.78, 5) is 0. The summed E-state index contributed by atoms with van der Waals surface area (Å²) < 4.78 is 7.81. The standard InChI is InChI=1S/2Al.Cu.O. The molecule has 0 aromatic heterocycles. The predicted molar refractivity (Wildman–Crippen MR) is 12.2 cm³/mol. The molecule has 0 saturated carbocycles. The minimum atomic E-state index is 0. The molecule has 6 radical (unpaired) electrons. The second-order valence-corrected chi connectivity index (χ2v) is 0. The first-order chi connectivity index (χ1) is 1.00. The van der Waals surface area contributed by atoms with Crippen LogP contribution in [-0.2, 0) is 19.8 Å². The fraction of sp³-hybridized carbons (Fsp3) is 0. The predicted octanol–water partition coefficient (Wildman–Crippen LogP) is -0.883. The van der Waals surface area contributed by atoms with Gasteiger partial charge in [0.1, 0.15) is 0 Å². The molecule has 0 aliphatic heterocycles. The van der Waals surface area contributed by atoms with E-state index in [0.29, 0.717) is 0 Å². The van der Waals surface area contributed by atoms with Gasteiger partial charge in [-0.1, -0.05) is 0 Å². The molecule has 0 amide bonds. The molecule has 0 spiro atoms. The Balaban J connectivity index is -0.00000000500. The normalized spacial score (nSPS) is 1.50. The Morgan fingerprint density at radius 3 is 1.00 bits per heavy atom. The van der Waals surface area contributed by atoms with Crippen LogP contribution >= 0.6 is 0 Å². The molecule has 0 aliphatic rings. The van der Waals surface area contributed by atoms with Crippen LogP contribution < -0.4 is 0 Å². The van der Waals surface area contributed by atoms with Crippen LogP contribution in [0.3, 0.4) is 0 Å². The van der Waals surface area contributed by atoms with Gasteiger partial charge in [0.15, 0.2) is 0 Å². The van der Waals surface area contributed by atoms with E-state index in [1.54, 1.807) is 0 Å². The molecule has 0 saturated heterocycles. The summed E-state index contributed by atoms with van der Waals surface area (Å²) in [6.07, 6.45) is 0. The van der Waals surface area contributed by atoms with Crippen molar-refractivity contribution < 1.29 is 19.8 Å². The molecule has 0 rings (SSSR count). The van der Waals surface area contributed by atoms with Crippen molar-refractivity contribution in [3.63, 3.8) is 0 Å². The van der Waals surface area contributed by atoms with Crippen molar-refractivity contribution in [2.75, 3.05) is 0 Å². The molecular weight excluding hydrogens is 134 g/mol. The summed E-state index contributed by atoms with van der Waals surface area (Å²) in [6, 6.07) is 0. The maximum absolute atomic E-state index is 7.81. The van der Waals surface area contributed by atoms with Gasteiger partial charge >= 0.3 is 19.8 Å². The van der Waals surface area contributed by atoms with Crippen LogP contribution in [0, 0.1) is 0 Å². The van der Waals surface area contributed by atoms with Crippen molar-refractivity contribution in [1.82, 2.24) is 0 Å². The quantitative estimate of drug-likeness (QED) is 0.392. The Labute approximate surface area is 54.4 Å². The first kappa shape index (κ1) is 18.2. The van der Waals surface area contributed by atoms with Crippen LogP contribution in [0.15, 0.2) is 0 Å². The van der Waals surface area contributed by atoms with Crippen molar-refractivity contribution in [2.24, 2.45) is 0 Å². The number of hydrogen-bond donors (Lipinski definition) is 0. The molecule has 23 valence electrons. The van der Waals surface area contributed by atoms with Gasteiger partial charge in [-0.15, -0.1) is 0 Å². The summed E-state index contributed by atoms with van der Waals surface area (Å²) in [5, 5.41) is 0. The summed E-state index contributed by atoms with van der Waals surface area (Å²) in [7, 11) is 0. The number of hydrogen-bond acceptors (Lipinski definition) is 1. The van der Waals surface area contributed by atoms with Crippen molar-refractivity contribution in [3.8, 4) is 0 Å². The summed E-state index contributed by atoms with van der Waals surface area (Å²) in [6.45, 7) is 0. The van der Waals surface area contributed by atoms with E-state index in [2.05, 4.69) is 15.9 Å². The van der Waals surface area contributed by atoms with E-state index in [0.717, 1.165) is 0 Å². The van der Waals surface area contributed by atoms with Crippen molar-refractivity contribution in [3.05, 3.63) is 0 Å². The Morgan fingerprint density at radius 2 is 1.00 bits per heavy atom. The molecule has 0 aromatic carbocycles. The first-order valence-corrected chi connectivity index (χ1v) is 0.508. The minimum absolute atomic E-state index is 0. The Bertz CT molecular complexity index is 6.00. The fourth-order valence-corrected chi connectivity index (χ4v) is 0. The Kier molecular flexibility index (Phi) is 119. The van der Waals surface area contributed by atoms with E-state index in [1.165, 1.54) is 0 Å². The molecule has 1 nitrogen and oxygen atoms in total. The third kappa shape index (κ3) is 10.0. The van der Waals surface area contributed by atoms with Gasteiger partial charge in [-0.05, 0) is 0 Å². The molecule has 0 heterocycles. The molecule has 4 heavy (non-hydrogen) atoms. The molecule has 4 heteroatoms. The zero-order chi connectivity index (χ0) is 2.00. The maximum atomic E-state index is 7.81. The second kappa shape index (κ2) is 26.2. The molecule has 0 unspecified atom stereocenters. The zero-order valence-corrected chi connectivity index (χ0v) is 5.12. The molecular formula is Al2CuO. The van der Waals surface area contributed by atoms with Gasteiger partial charge in [0, 0.05) is 34.7 Å². The van der Waals surface area contributed by atoms with Crippen LogP contribution in [0.5, 0.6) is 0 Å². The van der Waals surface area contributed by atoms with Gasteiger partial charge in [0.05, 0.1) is 0 Å². The SMILES string of the molecule is [Al].[Al].[O]=[Cu]. The Morgan fingerprint density at radius 1 is 1.00 bits per heavy atom.